The van der Waals surface area contributed by atoms with E-state index in [2.05, 4.69) is 10.4 Å². The summed E-state index contributed by atoms with van der Waals surface area (Å²) in [6.07, 6.45) is 2.87. The summed E-state index contributed by atoms with van der Waals surface area (Å²) in [5, 5.41) is 15.9. The number of carbonyl (C=O) groups is 2. The maximum absolute atomic E-state index is 12.1. The molecule has 7 nitrogen and oxygen atoms in total. The van der Waals surface area contributed by atoms with E-state index in [0.717, 1.165) is 11.1 Å². The molecule has 1 aromatic heterocycles. The maximum atomic E-state index is 12.1. The fourth-order valence-corrected chi connectivity index (χ4v) is 2.73. The Bertz CT molecular complexity index is 714. The van der Waals surface area contributed by atoms with Crippen molar-refractivity contribution in [3.63, 3.8) is 0 Å². The van der Waals surface area contributed by atoms with E-state index < -0.39 is 18.2 Å². The highest BCUT2D eigenvalue weighted by molar-refractivity contribution is 5.82. The number of rotatable bonds is 6. The summed E-state index contributed by atoms with van der Waals surface area (Å²) < 4.78 is 7.07. The molecule has 0 radical (unpaired) electrons. The van der Waals surface area contributed by atoms with E-state index in [9.17, 15) is 9.59 Å². The molecule has 1 amide bonds. The van der Waals surface area contributed by atoms with E-state index in [0.29, 0.717) is 25.9 Å². The molecule has 2 aromatic rings. The van der Waals surface area contributed by atoms with Gasteiger partial charge in [-0.1, -0.05) is 24.3 Å². The molecule has 0 unspecified atom stereocenters. The second-order valence-corrected chi connectivity index (χ2v) is 5.77. The number of amides is 1. The second kappa shape index (κ2) is 7.27. The summed E-state index contributed by atoms with van der Waals surface area (Å²) in [4.78, 5) is 22.9. The van der Waals surface area contributed by atoms with E-state index in [-0.39, 0.29) is 5.91 Å². The SMILES string of the molecule is O=C(NCc1cccc(Cn2cccn2)c1)[C@@H]1CC[C@H](C(=O)O)O1. The molecule has 2 heterocycles. The molecule has 3 rings (SSSR count). The van der Waals surface area contributed by atoms with Gasteiger partial charge in [-0.15, -0.1) is 0 Å². The van der Waals surface area contributed by atoms with Gasteiger partial charge in [-0.2, -0.15) is 5.10 Å². The number of carbonyl (C=O) groups excluding carboxylic acids is 1. The third-order valence-corrected chi connectivity index (χ3v) is 3.95. The van der Waals surface area contributed by atoms with Crippen LogP contribution in [0.25, 0.3) is 0 Å². The zero-order valence-corrected chi connectivity index (χ0v) is 13.1. The average Bonchev–Trinajstić information content (AvgIpc) is 3.24. The van der Waals surface area contributed by atoms with Crippen LogP contribution in [0, 0.1) is 0 Å². The van der Waals surface area contributed by atoms with Crippen LogP contribution < -0.4 is 5.32 Å². The normalized spacial score (nSPS) is 20.0. The van der Waals surface area contributed by atoms with E-state index >= 15 is 0 Å². The highest BCUT2D eigenvalue weighted by Gasteiger charge is 2.34. The van der Waals surface area contributed by atoms with Crippen molar-refractivity contribution in [1.29, 1.82) is 0 Å². The Morgan fingerprint density at radius 3 is 2.75 bits per heavy atom. The van der Waals surface area contributed by atoms with Gasteiger partial charge in [0.2, 0.25) is 5.91 Å². The molecule has 1 fully saturated rings. The number of nitrogens with one attached hydrogen (secondary N) is 1. The van der Waals surface area contributed by atoms with Gasteiger partial charge in [-0.05, 0) is 30.0 Å². The molecule has 1 aliphatic heterocycles. The smallest absolute Gasteiger partial charge is 0.332 e. The number of aromatic nitrogens is 2. The van der Waals surface area contributed by atoms with Crippen molar-refractivity contribution in [1.82, 2.24) is 15.1 Å². The van der Waals surface area contributed by atoms with Crippen molar-refractivity contribution in [3.05, 3.63) is 53.9 Å². The molecule has 2 N–H and O–H groups in total. The first-order valence-electron chi connectivity index (χ1n) is 7.83. The van der Waals surface area contributed by atoms with Crippen molar-refractivity contribution < 1.29 is 19.4 Å². The van der Waals surface area contributed by atoms with Crippen LogP contribution in [0.2, 0.25) is 0 Å². The Kier molecular flexibility index (Phi) is 4.90. The number of ether oxygens (including phenoxy) is 1. The van der Waals surface area contributed by atoms with Crippen LogP contribution in [0.5, 0.6) is 0 Å². The lowest BCUT2D eigenvalue weighted by Crippen LogP contribution is -2.35. The lowest BCUT2D eigenvalue weighted by Gasteiger charge is -2.12. The lowest BCUT2D eigenvalue weighted by molar-refractivity contribution is -0.151. The summed E-state index contributed by atoms with van der Waals surface area (Å²) in [7, 11) is 0. The summed E-state index contributed by atoms with van der Waals surface area (Å²) in [5.41, 5.74) is 2.06. The molecular formula is C17H19N3O4. The van der Waals surface area contributed by atoms with Gasteiger partial charge in [0.05, 0.1) is 6.54 Å². The fourth-order valence-electron chi connectivity index (χ4n) is 2.73. The molecule has 0 aliphatic carbocycles. The molecule has 1 aliphatic rings. The molecule has 2 atom stereocenters. The highest BCUT2D eigenvalue weighted by Crippen LogP contribution is 2.20. The van der Waals surface area contributed by atoms with E-state index in [1.165, 1.54) is 0 Å². The van der Waals surface area contributed by atoms with Crippen LogP contribution in [-0.4, -0.2) is 39.0 Å². The van der Waals surface area contributed by atoms with E-state index in [1.54, 1.807) is 6.20 Å². The van der Waals surface area contributed by atoms with Crippen molar-refractivity contribution in [2.75, 3.05) is 0 Å². The lowest BCUT2D eigenvalue weighted by atomic mass is 10.1. The first kappa shape index (κ1) is 16.2. The van der Waals surface area contributed by atoms with E-state index in [1.807, 2.05) is 41.2 Å². The predicted molar refractivity (Wildman–Crippen MR) is 85.1 cm³/mol. The highest BCUT2D eigenvalue weighted by atomic mass is 16.5. The van der Waals surface area contributed by atoms with Crippen molar-refractivity contribution >= 4 is 11.9 Å². The molecule has 0 spiro atoms. The summed E-state index contributed by atoms with van der Waals surface area (Å²) in [5.74, 6) is -1.28. The molecule has 1 aromatic carbocycles. The van der Waals surface area contributed by atoms with E-state index in [4.69, 9.17) is 9.84 Å². The molecule has 126 valence electrons. The topological polar surface area (TPSA) is 93.5 Å². The fraction of sp³-hybridized carbons (Fsp3) is 0.353. The van der Waals surface area contributed by atoms with Gasteiger partial charge in [-0.25, -0.2) is 4.79 Å². The third-order valence-electron chi connectivity index (χ3n) is 3.95. The molecule has 0 saturated carbocycles. The van der Waals surface area contributed by atoms with Crippen LogP contribution in [0.3, 0.4) is 0 Å². The molecule has 1 saturated heterocycles. The third kappa shape index (κ3) is 3.99. The molecule has 7 heteroatoms. The van der Waals surface area contributed by atoms with Crippen molar-refractivity contribution in [2.24, 2.45) is 0 Å². The van der Waals surface area contributed by atoms with Gasteiger partial charge in [0.1, 0.15) is 6.10 Å². The molecular weight excluding hydrogens is 310 g/mol. The number of benzene rings is 1. The summed E-state index contributed by atoms with van der Waals surface area (Å²) >= 11 is 0. The standard InChI is InChI=1S/C17H19N3O4/c21-16(14-5-6-15(24-14)17(22)23)18-10-12-3-1-4-13(9-12)11-20-8-2-7-19-20/h1-4,7-9,14-15H,5-6,10-11H2,(H,18,21)(H,22,23)/t14-,15+/m0/s1. The van der Waals surface area contributed by atoms with Crippen LogP contribution in [-0.2, 0) is 27.4 Å². The molecule has 0 bridgehead atoms. The van der Waals surface area contributed by atoms with Gasteiger partial charge >= 0.3 is 5.97 Å². The number of aliphatic carboxylic acids is 1. The number of nitrogens with zero attached hydrogens (tertiary/aromatic N) is 2. The number of carboxylic acids is 1. The van der Waals surface area contributed by atoms with Gasteiger partial charge in [0.15, 0.2) is 6.10 Å². The Hall–Kier alpha value is -2.67. The van der Waals surface area contributed by atoms with Crippen LogP contribution in [0.1, 0.15) is 24.0 Å². The van der Waals surface area contributed by atoms with Crippen molar-refractivity contribution in [2.45, 2.75) is 38.1 Å². The van der Waals surface area contributed by atoms with Gasteiger partial charge in [-0.3, -0.25) is 9.48 Å². The minimum absolute atomic E-state index is 0.267. The first-order chi connectivity index (χ1) is 11.6. The Morgan fingerprint density at radius 2 is 2.04 bits per heavy atom. The van der Waals surface area contributed by atoms with Crippen LogP contribution in [0.4, 0.5) is 0 Å². The monoisotopic (exact) mass is 329 g/mol. The largest absolute Gasteiger partial charge is 0.479 e. The summed E-state index contributed by atoms with van der Waals surface area (Å²) in [6.45, 7) is 1.05. The maximum Gasteiger partial charge on any atom is 0.332 e. The van der Waals surface area contributed by atoms with Gasteiger partial charge in [0.25, 0.3) is 0 Å². The Morgan fingerprint density at radius 1 is 1.25 bits per heavy atom. The minimum atomic E-state index is -1.02. The van der Waals surface area contributed by atoms with Gasteiger partial charge in [0, 0.05) is 18.9 Å². The number of carboxylic acid groups (broad SMARTS) is 1. The number of hydrogen-bond acceptors (Lipinski definition) is 4. The van der Waals surface area contributed by atoms with Crippen LogP contribution >= 0.6 is 0 Å². The average molecular weight is 329 g/mol. The zero-order chi connectivity index (χ0) is 16.9. The van der Waals surface area contributed by atoms with Gasteiger partial charge < -0.3 is 15.2 Å². The zero-order valence-electron chi connectivity index (χ0n) is 13.1. The van der Waals surface area contributed by atoms with Crippen molar-refractivity contribution in [3.8, 4) is 0 Å². The Labute approximate surface area is 139 Å². The van der Waals surface area contributed by atoms with Crippen LogP contribution in [0.15, 0.2) is 42.7 Å². The Balaban J connectivity index is 1.53. The molecule has 24 heavy (non-hydrogen) atoms. The predicted octanol–water partition coefficient (Wildman–Crippen LogP) is 1.18. The minimum Gasteiger partial charge on any atom is -0.479 e. The first-order valence-corrected chi connectivity index (χ1v) is 7.83. The summed E-state index contributed by atoms with van der Waals surface area (Å²) in [6, 6.07) is 9.76. The number of hydrogen-bond donors (Lipinski definition) is 2. The second-order valence-electron chi connectivity index (χ2n) is 5.77. The quantitative estimate of drug-likeness (QED) is 0.830.